The van der Waals surface area contributed by atoms with Crippen molar-refractivity contribution in [1.29, 1.82) is 0 Å². The smallest absolute Gasteiger partial charge is 0.0497 e. The van der Waals surface area contributed by atoms with E-state index in [2.05, 4.69) is 62.2 Å². The Morgan fingerprint density at radius 2 is 1.71 bits per heavy atom. The van der Waals surface area contributed by atoms with Gasteiger partial charge in [0.25, 0.3) is 0 Å². The summed E-state index contributed by atoms with van der Waals surface area (Å²) in [6, 6.07) is 13.6. The lowest BCUT2D eigenvalue weighted by molar-refractivity contribution is 0.748. The van der Waals surface area contributed by atoms with E-state index < -0.39 is 0 Å². The third-order valence-electron chi connectivity index (χ3n) is 4.77. The van der Waals surface area contributed by atoms with E-state index in [1.54, 1.807) is 0 Å². The normalized spacial score (nSPS) is 11.3. The summed E-state index contributed by atoms with van der Waals surface area (Å²) in [6.45, 7) is 7.32. The SMILES string of the molecule is CCc1ccc2[nH]c(-c3cc(C)cc(C)c3)c(CCCCN)c2c1. The lowest BCUT2D eigenvalue weighted by Gasteiger charge is -2.08. The van der Waals surface area contributed by atoms with Crippen LogP contribution in [0.4, 0.5) is 0 Å². The first-order valence-corrected chi connectivity index (χ1v) is 9.04. The Hall–Kier alpha value is -2.06. The van der Waals surface area contributed by atoms with Crippen molar-refractivity contribution >= 4 is 10.9 Å². The summed E-state index contributed by atoms with van der Waals surface area (Å²) >= 11 is 0. The second-order valence-electron chi connectivity index (χ2n) is 6.83. The number of fused-ring (bicyclic) bond motifs is 1. The molecule has 0 radical (unpaired) electrons. The number of hydrogen-bond acceptors (Lipinski definition) is 1. The average Bonchev–Trinajstić information content (AvgIpc) is 2.92. The van der Waals surface area contributed by atoms with Gasteiger partial charge in [0.1, 0.15) is 0 Å². The zero-order valence-corrected chi connectivity index (χ0v) is 15.1. The largest absolute Gasteiger partial charge is 0.354 e. The second kappa shape index (κ2) is 7.23. The van der Waals surface area contributed by atoms with E-state index in [1.807, 2.05) is 0 Å². The van der Waals surface area contributed by atoms with Gasteiger partial charge in [0.05, 0.1) is 0 Å². The van der Waals surface area contributed by atoms with Gasteiger partial charge in [-0.05, 0) is 87.0 Å². The molecular formula is C22H28N2. The van der Waals surface area contributed by atoms with Crippen LogP contribution in [0.25, 0.3) is 22.2 Å². The highest BCUT2D eigenvalue weighted by Crippen LogP contribution is 2.33. The predicted molar refractivity (Wildman–Crippen MR) is 105 cm³/mol. The minimum absolute atomic E-state index is 0.765. The lowest BCUT2D eigenvalue weighted by Crippen LogP contribution is -1.99. The molecule has 0 fully saturated rings. The van der Waals surface area contributed by atoms with E-state index in [9.17, 15) is 0 Å². The number of aromatic nitrogens is 1. The highest BCUT2D eigenvalue weighted by molar-refractivity contribution is 5.91. The number of hydrogen-bond donors (Lipinski definition) is 2. The molecule has 2 aromatic carbocycles. The monoisotopic (exact) mass is 320 g/mol. The first-order chi connectivity index (χ1) is 11.6. The summed E-state index contributed by atoms with van der Waals surface area (Å²) in [4.78, 5) is 3.68. The Morgan fingerprint density at radius 3 is 2.38 bits per heavy atom. The van der Waals surface area contributed by atoms with Gasteiger partial charge in [-0.15, -0.1) is 0 Å². The van der Waals surface area contributed by atoms with Crippen LogP contribution in [0.3, 0.4) is 0 Å². The molecule has 0 aliphatic heterocycles. The van der Waals surface area contributed by atoms with Crippen LogP contribution in [-0.2, 0) is 12.8 Å². The summed E-state index contributed by atoms with van der Waals surface area (Å²) in [7, 11) is 0. The summed E-state index contributed by atoms with van der Waals surface area (Å²) in [5, 5.41) is 1.38. The van der Waals surface area contributed by atoms with E-state index in [0.29, 0.717) is 0 Å². The van der Waals surface area contributed by atoms with Crippen molar-refractivity contribution < 1.29 is 0 Å². The molecule has 3 aromatic rings. The van der Waals surface area contributed by atoms with Gasteiger partial charge in [0.2, 0.25) is 0 Å². The number of aromatic amines is 1. The quantitative estimate of drug-likeness (QED) is 0.595. The summed E-state index contributed by atoms with van der Waals surface area (Å²) in [5.74, 6) is 0. The highest BCUT2D eigenvalue weighted by Gasteiger charge is 2.14. The van der Waals surface area contributed by atoms with E-state index in [0.717, 1.165) is 32.2 Å². The van der Waals surface area contributed by atoms with Crippen LogP contribution < -0.4 is 5.73 Å². The fraction of sp³-hybridized carbons (Fsp3) is 0.364. The van der Waals surface area contributed by atoms with E-state index in [1.165, 1.54) is 44.4 Å². The van der Waals surface area contributed by atoms with Crippen LogP contribution in [0.1, 0.15) is 42.0 Å². The maximum absolute atomic E-state index is 5.71. The van der Waals surface area contributed by atoms with Gasteiger partial charge in [-0.25, -0.2) is 0 Å². The number of unbranched alkanes of at least 4 members (excludes halogenated alkanes) is 1. The summed E-state index contributed by atoms with van der Waals surface area (Å²) < 4.78 is 0. The van der Waals surface area contributed by atoms with Gasteiger partial charge in [0, 0.05) is 16.6 Å². The van der Waals surface area contributed by atoms with Crippen molar-refractivity contribution in [1.82, 2.24) is 4.98 Å². The average molecular weight is 320 g/mol. The zero-order chi connectivity index (χ0) is 17.1. The van der Waals surface area contributed by atoms with E-state index >= 15 is 0 Å². The van der Waals surface area contributed by atoms with Crippen LogP contribution in [0.15, 0.2) is 36.4 Å². The minimum Gasteiger partial charge on any atom is -0.354 e. The number of nitrogens with two attached hydrogens (primary N) is 1. The minimum atomic E-state index is 0.765. The Bertz CT molecular complexity index is 822. The molecule has 2 nitrogen and oxygen atoms in total. The molecule has 0 amide bonds. The first kappa shape index (κ1) is 16.8. The molecule has 1 heterocycles. The van der Waals surface area contributed by atoms with Gasteiger partial charge < -0.3 is 10.7 Å². The topological polar surface area (TPSA) is 41.8 Å². The van der Waals surface area contributed by atoms with Crippen molar-refractivity contribution in [2.45, 2.75) is 46.5 Å². The Labute approximate surface area is 145 Å². The van der Waals surface area contributed by atoms with Crippen LogP contribution in [0.5, 0.6) is 0 Å². The molecule has 126 valence electrons. The third kappa shape index (κ3) is 3.39. The van der Waals surface area contributed by atoms with Crippen molar-refractivity contribution in [2.75, 3.05) is 6.54 Å². The molecule has 1 aromatic heterocycles. The number of H-pyrrole nitrogens is 1. The molecule has 0 saturated heterocycles. The predicted octanol–water partition coefficient (Wildman–Crippen LogP) is 5.30. The first-order valence-electron chi connectivity index (χ1n) is 9.04. The molecule has 0 unspecified atom stereocenters. The van der Waals surface area contributed by atoms with Crippen molar-refractivity contribution in [3.63, 3.8) is 0 Å². The van der Waals surface area contributed by atoms with Crippen molar-refractivity contribution in [2.24, 2.45) is 5.73 Å². The molecule has 2 heteroatoms. The summed E-state index contributed by atoms with van der Waals surface area (Å²) in [5.41, 5.74) is 15.0. The maximum atomic E-state index is 5.71. The molecule has 24 heavy (non-hydrogen) atoms. The van der Waals surface area contributed by atoms with Crippen LogP contribution in [0.2, 0.25) is 0 Å². The number of benzene rings is 2. The fourth-order valence-electron chi connectivity index (χ4n) is 3.59. The molecular weight excluding hydrogens is 292 g/mol. The molecule has 0 aliphatic rings. The van der Waals surface area contributed by atoms with Crippen LogP contribution in [0, 0.1) is 13.8 Å². The number of aryl methyl sites for hydroxylation is 4. The maximum Gasteiger partial charge on any atom is 0.0497 e. The second-order valence-corrected chi connectivity index (χ2v) is 6.83. The van der Waals surface area contributed by atoms with Gasteiger partial charge in [-0.3, -0.25) is 0 Å². The van der Waals surface area contributed by atoms with Gasteiger partial charge in [0.15, 0.2) is 0 Å². The molecule has 0 atom stereocenters. The number of rotatable bonds is 6. The highest BCUT2D eigenvalue weighted by atomic mass is 14.7. The van der Waals surface area contributed by atoms with Crippen LogP contribution in [-0.4, -0.2) is 11.5 Å². The van der Waals surface area contributed by atoms with Crippen molar-refractivity contribution in [3.8, 4) is 11.3 Å². The van der Waals surface area contributed by atoms with E-state index in [4.69, 9.17) is 5.73 Å². The molecule has 3 rings (SSSR count). The lowest BCUT2D eigenvalue weighted by atomic mass is 9.97. The van der Waals surface area contributed by atoms with Gasteiger partial charge in [-0.2, -0.15) is 0 Å². The van der Waals surface area contributed by atoms with E-state index in [-0.39, 0.29) is 0 Å². The molecule has 0 saturated carbocycles. The summed E-state index contributed by atoms with van der Waals surface area (Å²) in [6.07, 6.45) is 4.36. The Kier molecular flexibility index (Phi) is 5.06. The zero-order valence-electron chi connectivity index (χ0n) is 15.1. The molecule has 0 bridgehead atoms. The Balaban J connectivity index is 2.15. The van der Waals surface area contributed by atoms with Crippen LogP contribution >= 0.6 is 0 Å². The van der Waals surface area contributed by atoms with Gasteiger partial charge in [-0.1, -0.05) is 30.2 Å². The Morgan fingerprint density at radius 1 is 0.958 bits per heavy atom. The van der Waals surface area contributed by atoms with Gasteiger partial charge >= 0.3 is 0 Å². The third-order valence-corrected chi connectivity index (χ3v) is 4.77. The molecule has 0 aliphatic carbocycles. The fourth-order valence-corrected chi connectivity index (χ4v) is 3.59. The van der Waals surface area contributed by atoms with Crippen molar-refractivity contribution in [3.05, 3.63) is 58.7 Å². The molecule has 0 spiro atoms. The standard InChI is InChI=1S/C22H28N2/c1-4-17-8-9-21-20(14-17)19(7-5-6-10-23)22(24-21)18-12-15(2)11-16(3)13-18/h8-9,11-14,24H,4-7,10,23H2,1-3H3. The number of nitrogens with one attached hydrogen (secondary N) is 1. The molecule has 3 N–H and O–H groups in total.